The minimum atomic E-state index is -2.85. The van der Waals surface area contributed by atoms with E-state index < -0.39 is 5.92 Å². The van der Waals surface area contributed by atoms with Crippen LogP contribution in [0.15, 0.2) is 71.2 Å². The molecule has 2 aliphatic carbocycles. The lowest BCUT2D eigenvalue weighted by atomic mass is 9.72. The average Bonchev–Trinajstić information content (AvgIpc) is 2.98. The van der Waals surface area contributed by atoms with Gasteiger partial charge >= 0.3 is 0 Å². The molecule has 2 saturated carbocycles. The Labute approximate surface area is 158 Å². The van der Waals surface area contributed by atoms with E-state index in [1.807, 2.05) is 48.5 Å². The summed E-state index contributed by atoms with van der Waals surface area (Å²) in [4.78, 5) is 4.68. The molecule has 27 heavy (non-hydrogen) atoms. The standard InChI is InChI=1S/C24H23F2N/c25-24(26)15-19(16-9-3-1-4-10-16)22-21(17-11-5-2-6-12-17)18-13-7-8-14-20(18)27-23(22)24/h1-6,9-12,18-20H,7-8,13-15H2/t18-,19-,20?/m1/s1. The van der Waals surface area contributed by atoms with Crippen LogP contribution in [0.3, 0.4) is 0 Å². The molecule has 3 atom stereocenters. The normalized spacial score (nSPS) is 29.1. The van der Waals surface area contributed by atoms with Gasteiger partial charge < -0.3 is 0 Å². The van der Waals surface area contributed by atoms with Crippen LogP contribution in [0.25, 0.3) is 5.57 Å². The number of fused-ring (bicyclic) bond motifs is 2. The highest BCUT2D eigenvalue weighted by Crippen LogP contribution is 2.54. The number of halogens is 2. The Balaban J connectivity index is 1.75. The first kappa shape index (κ1) is 16.9. The number of rotatable bonds is 2. The molecule has 2 aromatic rings. The lowest BCUT2D eigenvalue weighted by Crippen LogP contribution is -2.35. The molecule has 0 aromatic heterocycles. The van der Waals surface area contributed by atoms with Gasteiger partial charge in [-0.15, -0.1) is 0 Å². The van der Waals surface area contributed by atoms with Crippen molar-refractivity contribution in [1.82, 2.24) is 0 Å². The maximum atomic E-state index is 15.1. The maximum Gasteiger partial charge on any atom is 0.290 e. The molecular weight excluding hydrogens is 340 g/mol. The molecule has 0 radical (unpaired) electrons. The Hall–Kier alpha value is -2.29. The fourth-order valence-corrected chi connectivity index (χ4v) is 5.22. The quantitative estimate of drug-likeness (QED) is 0.596. The Morgan fingerprint density at radius 1 is 0.815 bits per heavy atom. The first-order chi connectivity index (χ1) is 13.1. The molecular formula is C24H23F2N. The predicted molar refractivity (Wildman–Crippen MR) is 105 cm³/mol. The van der Waals surface area contributed by atoms with E-state index in [1.165, 1.54) is 0 Å². The molecule has 3 aliphatic rings. The Kier molecular flexibility index (Phi) is 3.99. The zero-order chi connectivity index (χ0) is 18.4. The smallest absolute Gasteiger partial charge is 0.279 e. The maximum absolute atomic E-state index is 15.1. The highest BCUT2D eigenvalue weighted by Gasteiger charge is 2.54. The molecule has 2 fully saturated rings. The van der Waals surface area contributed by atoms with Crippen LogP contribution in [0, 0.1) is 5.92 Å². The summed E-state index contributed by atoms with van der Waals surface area (Å²) in [5.74, 6) is -2.86. The Bertz CT molecular complexity index is 898. The molecule has 0 bridgehead atoms. The van der Waals surface area contributed by atoms with Crippen LogP contribution in [0.2, 0.25) is 0 Å². The molecule has 0 saturated heterocycles. The van der Waals surface area contributed by atoms with Crippen LogP contribution in [0.4, 0.5) is 8.78 Å². The molecule has 1 nitrogen and oxygen atoms in total. The molecule has 5 rings (SSSR count). The van der Waals surface area contributed by atoms with Crippen molar-refractivity contribution in [3.8, 4) is 0 Å². The van der Waals surface area contributed by atoms with E-state index in [-0.39, 0.29) is 30.0 Å². The molecule has 2 aromatic carbocycles. The topological polar surface area (TPSA) is 12.4 Å². The van der Waals surface area contributed by atoms with E-state index in [9.17, 15) is 0 Å². The van der Waals surface area contributed by atoms with Crippen molar-refractivity contribution in [3.63, 3.8) is 0 Å². The zero-order valence-electron chi connectivity index (χ0n) is 15.2. The van der Waals surface area contributed by atoms with Crippen molar-refractivity contribution in [1.29, 1.82) is 0 Å². The van der Waals surface area contributed by atoms with Gasteiger partial charge in [0.15, 0.2) is 0 Å². The van der Waals surface area contributed by atoms with E-state index >= 15 is 8.78 Å². The second kappa shape index (κ2) is 6.40. The summed E-state index contributed by atoms with van der Waals surface area (Å²) in [5, 5.41) is 0. The SMILES string of the molecule is FC1(F)C[C@H](c2ccccc2)C2=C(c3ccccc3)[C@@H]3CCCCC3N=C21. The van der Waals surface area contributed by atoms with Crippen molar-refractivity contribution in [2.45, 2.75) is 50.0 Å². The summed E-state index contributed by atoms with van der Waals surface area (Å²) in [7, 11) is 0. The predicted octanol–water partition coefficient (Wildman–Crippen LogP) is 6.28. The molecule has 138 valence electrons. The molecule has 1 aliphatic heterocycles. The summed E-state index contributed by atoms with van der Waals surface area (Å²) in [6.07, 6.45) is 4.04. The van der Waals surface area contributed by atoms with Crippen molar-refractivity contribution in [3.05, 3.63) is 77.4 Å². The number of alkyl halides is 2. The summed E-state index contributed by atoms with van der Waals surface area (Å²) < 4.78 is 30.2. The molecule has 1 unspecified atom stereocenters. The first-order valence-electron chi connectivity index (χ1n) is 9.96. The highest BCUT2D eigenvalue weighted by molar-refractivity contribution is 6.15. The third kappa shape index (κ3) is 2.75. The monoisotopic (exact) mass is 363 g/mol. The molecule has 1 heterocycles. The lowest BCUT2D eigenvalue weighted by Gasteiger charge is -2.37. The number of benzene rings is 2. The van der Waals surface area contributed by atoms with Gasteiger partial charge in [-0.3, -0.25) is 4.99 Å². The zero-order valence-corrected chi connectivity index (χ0v) is 15.2. The Morgan fingerprint density at radius 2 is 1.48 bits per heavy atom. The van der Waals surface area contributed by atoms with Crippen molar-refractivity contribution in [2.75, 3.05) is 0 Å². The number of hydrogen-bond acceptors (Lipinski definition) is 1. The number of nitrogens with zero attached hydrogens (tertiary/aromatic N) is 1. The fraction of sp³-hybridized carbons (Fsp3) is 0.375. The van der Waals surface area contributed by atoms with Gasteiger partial charge in [-0.1, -0.05) is 73.5 Å². The van der Waals surface area contributed by atoms with E-state index in [0.717, 1.165) is 48.0 Å². The number of dihydropyridines is 1. The van der Waals surface area contributed by atoms with Crippen molar-refractivity contribution >= 4 is 11.3 Å². The van der Waals surface area contributed by atoms with Gasteiger partial charge in [0.2, 0.25) is 0 Å². The van der Waals surface area contributed by atoms with Crippen LogP contribution in [0.1, 0.15) is 49.1 Å². The van der Waals surface area contributed by atoms with E-state index in [2.05, 4.69) is 17.1 Å². The lowest BCUT2D eigenvalue weighted by molar-refractivity contribution is 0.0750. The van der Waals surface area contributed by atoms with Crippen LogP contribution >= 0.6 is 0 Å². The van der Waals surface area contributed by atoms with Crippen LogP contribution < -0.4 is 0 Å². The van der Waals surface area contributed by atoms with Crippen LogP contribution in [-0.4, -0.2) is 17.7 Å². The number of aliphatic imine (C=N–C) groups is 1. The third-order valence-corrected chi connectivity index (χ3v) is 6.38. The van der Waals surface area contributed by atoms with Gasteiger partial charge in [0.25, 0.3) is 5.92 Å². The Morgan fingerprint density at radius 3 is 2.22 bits per heavy atom. The van der Waals surface area contributed by atoms with Gasteiger partial charge in [-0.05, 0) is 35.1 Å². The van der Waals surface area contributed by atoms with E-state index in [1.54, 1.807) is 0 Å². The minimum absolute atomic E-state index is 0.00750. The van der Waals surface area contributed by atoms with E-state index in [0.29, 0.717) is 0 Å². The third-order valence-electron chi connectivity index (χ3n) is 6.38. The van der Waals surface area contributed by atoms with Crippen LogP contribution in [-0.2, 0) is 0 Å². The van der Waals surface area contributed by atoms with Gasteiger partial charge in [0.1, 0.15) is 5.71 Å². The largest absolute Gasteiger partial charge is 0.290 e. The van der Waals surface area contributed by atoms with Crippen molar-refractivity contribution < 1.29 is 8.78 Å². The second-order valence-corrected chi connectivity index (χ2v) is 8.00. The van der Waals surface area contributed by atoms with Crippen molar-refractivity contribution in [2.24, 2.45) is 10.9 Å². The number of hydrogen-bond donors (Lipinski definition) is 0. The molecule has 3 heteroatoms. The van der Waals surface area contributed by atoms with Gasteiger partial charge in [0.05, 0.1) is 6.04 Å². The summed E-state index contributed by atoms with van der Waals surface area (Å²) >= 11 is 0. The van der Waals surface area contributed by atoms with Gasteiger partial charge in [-0.25, -0.2) is 0 Å². The molecule has 0 spiro atoms. The van der Waals surface area contributed by atoms with Gasteiger partial charge in [-0.2, -0.15) is 8.78 Å². The summed E-state index contributed by atoms with van der Waals surface area (Å²) in [6.45, 7) is 0. The van der Waals surface area contributed by atoms with Crippen LogP contribution in [0.5, 0.6) is 0 Å². The average molecular weight is 363 g/mol. The second-order valence-electron chi connectivity index (χ2n) is 8.00. The first-order valence-corrected chi connectivity index (χ1v) is 9.96. The summed E-state index contributed by atoms with van der Waals surface area (Å²) in [6, 6.07) is 20.0. The van der Waals surface area contributed by atoms with Gasteiger partial charge in [0, 0.05) is 18.3 Å². The molecule has 0 N–H and O–H groups in total. The minimum Gasteiger partial charge on any atom is -0.279 e. The fourth-order valence-electron chi connectivity index (χ4n) is 5.22. The highest BCUT2D eigenvalue weighted by atomic mass is 19.3. The summed E-state index contributed by atoms with van der Waals surface area (Å²) in [5.41, 5.74) is 4.07. The van der Waals surface area contributed by atoms with E-state index in [4.69, 9.17) is 0 Å². The number of allylic oxidation sites excluding steroid dienone is 1. The molecule has 0 amide bonds.